The summed E-state index contributed by atoms with van der Waals surface area (Å²) in [6, 6.07) is 5.47. The Hall–Kier alpha value is -2.25. The molecule has 8 heteroatoms. The first kappa shape index (κ1) is 15.1. The molecule has 1 heterocycles. The minimum atomic E-state index is -4.99. The van der Waals surface area contributed by atoms with Crippen LogP contribution in [0.4, 0.5) is 26.3 Å². The summed E-state index contributed by atoms with van der Waals surface area (Å²) in [5.74, 6) is -1.75. The average Bonchev–Trinajstić information content (AvgIpc) is 2.37. The highest BCUT2D eigenvalue weighted by atomic mass is 19.4. The molecule has 21 heavy (non-hydrogen) atoms. The second-order valence-electron chi connectivity index (χ2n) is 3.88. The molecule has 2 aromatic rings. The van der Waals surface area contributed by atoms with Gasteiger partial charge in [0.05, 0.1) is 17.3 Å². The number of rotatable bonds is 2. The molecule has 0 spiro atoms. The fourth-order valence-electron chi connectivity index (χ4n) is 1.57. The van der Waals surface area contributed by atoms with Gasteiger partial charge in [-0.15, -0.1) is 0 Å². The van der Waals surface area contributed by atoms with E-state index in [0.717, 1.165) is 6.07 Å². The molecular formula is C13H6F6NO. The summed E-state index contributed by atoms with van der Waals surface area (Å²) in [5, 5.41) is 0. The van der Waals surface area contributed by atoms with E-state index in [2.05, 4.69) is 11.2 Å². The maximum Gasteiger partial charge on any atom is 0.420 e. The van der Waals surface area contributed by atoms with E-state index in [1.807, 2.05) is 0 Å². The van der Waals surface area contributed by atoms with Gasteiger partial charge in [-0.2, -0.15) is 26.3 Å². The zero-order valence-electron chi connectivity index (χ0n) is 10.1. The van der Waals surface area contributed by atoms with Crippen molar-refractivity contribution in [1.82, 2.24) is 4.98 Å². The van der Waals surface area contributed by atoms with Crippen LogP contribution in [0.15, 0.2) is 36.4 Å². The maximum atomic E-state index is 12.8. The monoisotopic (exact) mass is 306 g/mol. The molecule has 0 saturated heterocycles. The molecule has 0 bridgehead atoms. The lowest BCUT2D eigenvalue weighted by Gasteiger charge is -2.18. The first-order chi connectivity index (χ1) is 9.69. The van der Waals surface area contributed by atoms with Crippen LogP contribution >= 0.6 is 0 Å². The molecule has 0 atom stereocenters. The smallest absolute Gasteiger partial charge is 0.420 e. The maximum absolute atomic E-state index is 12.8. The van der Waals surface area contributed by atoms with Gasteiger partial charge in [0, 0.05) is 6.07 Å². The molecule has 2 nitrogen and oxygen atoms in total. The van der Waals surface area contributed by atoms with Gasteiger partial charge in [0.25, 0.3) is 0 Å². The highest BCUT2D eigenvalue weighted by Gasteiger charge is 2.42. The van der Waals surface area contributed by atoms with Gasteiger partial charge < -0.3 is 4.74 Å². The topological polar surface area (TPSA) is 22.1 Å². The summed E-state index contributed by atoms with van der Waals surface area (Å²) in [7, 11) is 0. The number of pyridine rings is 1. The van der Waals surface area contributed by atoms with Crippen molar-refractivity contribution in [2.24, 2.45) is 0 Å². The summed E-state index contributed by atoms with van der Waals surface area (Å²) in [4.78, 5) is 3.44. The van der Waals surface area contributed by atoms with Crippen molar-refractivity contribution in [3.8, 4) is 11.6 Å². The summed E-state index contributed by atoms with van der Waals surface area (Å²) in [5.41, 5.74) is -3.05. The molecule has 0 aliphatic carbocycles. The Balaban J connectivity index is 2.59. The Morgan fingerprint density at radius 2 is 1.43 bits per heavy atom. The van der Waals surface area contributed by atoms with Crippen LogP contribution in [-0.4, -0.2) is 4.98 Å². The van der Waals surface area contributed by atoms with Gasteiger partial charge in [0.1, 0.15) is 0 Å². The van der Waals surface area contributed by atoms with Crippen molar-refractivity contribution in [2.75, 3.05) is 0 Å². The van der Waals surface area contributed by atoms with Crippen LogP contribution in [0.25, 0.3) is 0 Å². The van der Waals surface area contributed by atoms with Crippen LogP contribution in [0.5, 0.6) is 11.6 Å². The van der Waals surface area contributed by atoms with Gasteiger partial charge >= 0.3 is 12.4 Å². The van der Waals surface area contributed by atoms with Crippen molar-refractivity contribution in [1.29, 1.82) is 0 Å². The number of para-hydroxylation sites is 1. The van der Waals surface area contributed by atoms with E-state index in [-0.39, 0.29) is 0 Å². The van der Waals surface area contributed by atoms with Crippen LogP contribution in [0, 0.1) is 6.20 Å². The average molecular weight is 306 g/mol. The molecule has 0 amide bonds. The lowest BCUT2D eigenvalue weighted by Crippen LogP contribution is -2.13. The van der Waals surface area contributed by atoms with Crippen molar-refractivity contribution >= 4 is 0 Å². The summed E-state index contributed by atoms with van der Waals surface area (Å²) >= 11 is 0. The Morgan fingerprint density at radius 3 is 1.86 bits per heavy atom. The molecule has 0 fully saturated rings. The van der Waals surface area contributed by atoms with E-state index in [0.29, 0.717) is 18.2 Å². The third-order valence-electron chi connectivity index (χ3n) is 2.42. The number of benzene rings is 1. The SMILES string of the molecule is FC(F)(F)c1cccc(C(F)(F)F)c1Oc1ccc[c]n1. The molecule has 111 valence electrons. The molecular weight excluding hydrogens is 300 g/mol. The number of ether oxygens (including phenoxy) is 1. The lowest BCUT2D eigenvalue weighted by atomic mass is 10.1. The van der Waals surface area contributed by atoms with Gasteiger partial charge in [-0.3, -0.25) is 0 Å². The molecule has 0 aliphatic heterocycles. The third kappa shape index (κ3) is 3.45. The number of hydrogen-bond acceptors (Lipinski definition) is 2. The molecule has 1 aromatic carbocycles. The molecule has 0 N–H and O–H groups in total. The van der Waals surface area contributed by atoms with Crippen LogP contribution in [0.1, 0.15) is 11.1 Å². The van der Waals surface area contributed by atoms with Gasteiger partial charge in [0.2, 0.25) is 5.88 Å². The van der Waals surface area contributed by atoms with Crippen molar-refractivity contribution in [2.45, 2.75) is 12.4 Å². The highest BCUT2D eigenvalue weighted by molar-refractivity contribution is 5.46. The minimum absolute atomic E-state index is 0.417. The number of halogens is 6. The van der Waals surface area contributed by atoms with Gasteiger partial charge in [0.15, 0.2) is 5.75 Å². The van der Waals surface area contributed by atoms with E-state index in [9.17, 15) is 26.3 Å². The van der Waals surface area contributed by atoms with Crippen LogP contribution in [-0.2, 0) is 12.4 Å². The van der Waals surface area contributed by atoms with Crippen LogP contribution in [0.3, 0.4) is 0 Å². The molecule has 2 rings (SSSR count). The minimum Gasteiger partial charge on any atom is -0.438 e. The molecule has 1 aromatic heterocycles. The van der Waals surface area contributed by atoms with Crippen molar-refractivity contribution in [3.05, 3.63) is 53.7 Å². The Morgan fingerprint density at radius 1 is 0.857 bits per heavy atom. The third-order valence-corrected chi connectivity index (χ3v) is 2.42. The molecule has 0 aliphatic rings. The largest absolute Gasteiger partial charge is 0.438 e. The zero-order valence-corrected chi connectivity index (χ0v) is 10.1. The van der Waals surface area contributed by atoms with Crippen molar-refractivity contribution < 1.29 is 31.1 Å². The predicted molar refractivity (Wildman–Crippen MR) is 59.6 cm³/mol. The second kappa shape index (κ2) is 5.27. The number of nitrogens with zero attached hydrogens (tertiary/aromatic N) is 1. The van der Waals surface area contributed by atoms with E-state index in [4.69, 9.17) is 4.74 Å². The summed E-state index contributed by atoms with van der Waals surface area (Å²) < 4.78 is 81.8. The van der Waals surface area contributed by atoms with Gasteiger partial charge in [-0.1, -0.05) is 12.1 Å². The normalized spacial score (nSPS) is 12.3. The molecule has 0 unspecified atom stereocenters. The fraction of sp³-hybridized carbons (Fsp3) is 0.154. The quantitative estimate of drug-likeness (QED) is 0.750. The second-order valence-corrected chi connectivity index (χ2v) is 3.88. The standard InChI is InChI=1S/C13H6F6NO/c14-12(15,16)8-4-3-5-9(13(17,18)19)11(8)21-10-6-1-2-7-20-10/h1-6H. The predicted octanol–water partition coefficient (Wildman–Crippen LogP) is 4.71. The first-order valence-electron chi connectivity index (χ1n) is 5.48. The Labute approximate surface area is 115 Å². The number of aromatic nitrogens is 1. The van der Waals surface area contributed by atoms with Crippen molar-refractivity contribution in [3.63, 3.8) is 0 Å². The number of hydrogen-bond donors (Lipinski definition) is 0. The van der Waals surface area contributed by atoms with E-state index < -0.39 is 35.1 Å². The molecule has 0 saturated carbocycles. The number of alkyl halides is 6. The van der Waals surface area contributed by atoms with E-state index in [1.54, 1.807) is 0 Å². The molecule has 1 radical (unpaired) electrons. The Kier molecular flexibility index (Phi) is 3.80. The van der Waals surface area contributed by atoms with Gasteiger partial charge in [-0.25, -0.2) is 4.98 Å². The van der Waals surface area contributed by atoms with Crippen LogP contribution < -0.4 is 4.74 Å². The summed E-state index contributed by atoms with van der Waals surface area (Å²) in [6.45, 7) is 0. The fourth-order valence-corrected chi connectivity index (χ4v) is 1.57. The van der Waals surface area contributed by atoms with E-state index >= 15 is 0 Å². The van der Waals surface area contributed by atoms with Crippen LogP contribution in [0.2, 0.25) is 0 Å². The summed E-state index contributed by atoms with van der Waals surface area (Å²) in [6.07, 6.45) is -7.72. The van der Waals surface area contributed by atoms with Gasteiger partial charge in [-0.05, 0) is 18.2 Å². The van der Waals surface area contributed by atoms with E-state index in [1.165, 1.54) is 12.1 Å². The zero-order chi connectivity index (χ0) is 15.7. The lowest BCUT2D eigenvalue weighted by molar-refractivity contribution is -0.145. The first-order valence-corrected chi connectivity index (χ1v) is 5.48. The highest BCUT2D eigenvalue weighted by Crippen LogP contribution is 2.45. The Bertz CT molecular complexity index is 589.